The molecule has 1 aromatic carbocycles. The molecule has 0 aliphatic carbocycles. The number of hydrogen-bond acceptors (Lipinski definition) is 5. The van der Waals surface area contributed by atoms with Gasteiger partial charge in [0.2, 0.25) is 5.78 Å². The number of rotatable bonds is 8. The van der Waals surface area contributed by atoms with E-state index in [9.17, 15) is 9.59 Å². The van der Waals surface area contributed by atoms with Crippen LogP contribution in [0.3, 0.4) is 0 Å². The molecular formula is C22H23NO5. The van der Waals surface area contributed by atoms with Gasteiger partial charge in [-0.15, -0.1) is 0 Å². The van der Waals surface area contributed by atoms with Gasteiger partial charge < -0.3 is 18.5 Å². The smallest absolute Gasteiger partial charge is 0.310 e. The third-order valence-electron chi connectivity index (χ3n) is 4.66. The number of carbonyl (C=O) groups is 2. The van der Waals surface area contributed by atoms with Gasteiger partial charge in [-0.3, -0.25) is 9.59 Å². The highest BCUT2D eigenvalue weighted by Crippen LogP contribution is 2.20. The summed E-state index contributed by atoms with van der Waals surface area (Å²) >= 11 is 0. The van der Waals surface area contributed by atoms with E-state index in [2.05, 4.69) is 0 Å². The van der Waals surface area contributed by atoms with Crippen LogP contribution in [0.5, 0.6) is 5.75 Å². The second-order valence-corrected chi connectivity index (χ2v) is 6.52. The minimum Gasteiger partial charge on any atom is -0.496 e. The summed E-state index contributed by atoms with van der Waals surface area (Å²) in [6.07, 6.45) is 1.67. The summed E-state index contributed by atoms with van der Waals surface area (Å²) in [5.41, 5.74) is 3.03. The van der Waals surface area contributed by atoms with Crippen molar-refractivity contribution in [2.75, 3.05) is 13.7 Å². The highest BCUT2D eigenvalue weighted by Gasteiger charge is 2.18. The molecule has 0 saturated carbocycles. The number of aromatic nitrogens is 1. The Balaban J connectivity index is 1.62. The monoisotopic (exact) mass is 381 g/mol. The van der Waals surface area contributed by atoms with Gasteiger partial charge in [0, 0.05) is 22.5 Å². The number of methoxy groups -OCH3 is 1. The normalized spacial score (nSPS) is 10.7. The lowest BCUT2D eigenvalue weighted by atomic mass is 10.1. The highest BCUT2D eigenvalue weighted by molar-refractivity contribution is 5.99. The number of benzene rings is 1. The average Bonchev–Trinajstić information content (AvgIpc) is 3.30. The number of nitrogens with zero attached hydrogens (tertiary/aromatic N) is 1. The topological polar surface area (TPSA) is 70.7 Å². The molecule has 0 bridgehead atoms. The van der Waals surface area contributed by atoms with Gasteiger partial charge in [0.1, 0.15) is 11.5 Å². The van der Waals surface area contributed by atoms with E-state index in [0.717, 1.165) is 22.7 Å². The molecule has 2 aromatic heterocycles. The first kappa shape index (κ1) is 19.5. The zero-order valence-electron chi connectivity index (χ0n) is 16.2. The molecule has 0 atom stereocenters. The summed E-state index contributed by atoms with van der Waals surface area (Å²) < 4.78 is 17.8. The van der Waals surface area contributed by atoms with E-state index in [-0.39, 0.29) is 18.8 Å². The van der Waals surface area contributed by atoms with Gasteiger partial charge >= 0.3 is 5.97 Å². The van der Waals surface area contributed by atoms with Crippen molar-refractivity contribution in [2.24, 2.45) is 0 Å². The summed E-state index contributed by atoms with van der Waals surface area (Å²) in [6.45, 7) is 4.06. The zero-order chi connectivity index (χ0) is 20.1. The Hall–Kier alpha value is -3.28. The molecular weight excluding hydrogens is 358 g/mol. The average molecular weight is 381 g/mol. The Morgan fingerprint density at radius 3 is 2.61 bits per heavy atom. The third-order valence-corrected chi connectivity index (χ3v) is 4.66. The molecule has 0 spiro atoms. The number of furan rings is 1. The standard InChI is InChI=1S/C22H23NO5/c1-15-11-19(16(2)23(15)13-18-8-6-10-27-18)20(24)14-28-22(25)12-17-7-4-5-9-21(17)26-3/h4-11H,12-14H2,1-3H3. The summed E-state index contributed by atoms with van der Waals surface area (Å²) in [5, 5.41) is 0. The summed E-state index contributed by atoms with van der Waals surface area (Å²) in [7, 11) is 1.55. The van der Waals surface area contributed by atoms with Gasteiger partial charge in [0.15, 0.2) is 6.61 Å². The van der Waals surface area contributed by atoms with E-state index in [4.69, 9.17) is 13.9 Å². The lowest BCUT2D eigenvalue weighted by Crippen LogP contribution is -2.16. The molecule has 2 heterocycles. The van der Waals surface area contributed by atoms with Crippen molar-refractivity contribution in [2.45, 2.75) is 26.8 Å². The van der Waals surface area contributed by atoms with Crippen LogP contribution < -0.4 is 4.74 Å². The quantitative estimate of drug-likeness (QED) is 0.439. The van der Waals surface area contributed by atoms with Crippen LogP contribution in [0, 0.1) is 13.8 Å². The van der Waals surface area contributed by atoms with Crippen molar-refractivity contribution >= 4 is 11.8 Å². The first-order valence-corrected chi connectivity index (χ1v) is 8.99. The minimum absolute atomic E-state index is 0.0504. The molecule has 6 heteroatoms. The minimum atomic E-state index is -0.470. The predicted octanol–water partition coefficient (Wildman–Crippen LogP) is 3.72. The predicted molar refractivity (Wildman–Crippen MR) is 104 cm³/mol. The first-order chi connectivity index (χ1) is 13.5. The zero-order valence-corrected chi connectivity index (χ0v) is 16.2. The van der Waals surface area contributed by atoms with Crippen LogP contribution in [0.15, 0.2) is 53.1 Å². The molecule has 0 amide bonds. The Labute approximate surface area is 163 Å². The van der Waals surface area contributed by atoms with E-state index in [0.29, 0.717) is 17.9 Å². The maximum Gasteiger partial charge on any atom is 0.310 e. The number of esters is 1. The fraction of sp³-hybridized carbons (Fsp3) is 0.273. The molecule has 0 radical (unpaired) electrons. The van der Waals surface area contributed by atoms with Gasteiger partial charge in [-0.2, -0.15) is 0 Å². The number of ether oxygens (including phenoxy) is 2. The van der Waals surface area contributed by atoms with E-state index < -0.39 is 5.97 Å². The molecule has 0 aliphatic heterocycles. The summed E-state index contributed by atoms with van der Waals surface area (Å²) in [5.74, 6) is 0.727. The Morgan fingerprint density at radius 2 is 1.89 bits per heavy atom. The Bertz CT molecular complexity index is 969. The molecule has 3 rings (SSSR count). The molecule has 0 N–H and O–H groups in total. The van der Waals surface area contributed by atoms with Crippen LogP contribution in [-0.2, 0) is 22.5 Å². The first-order valence-electron chi connectivity index (χ1n) is 8.99. The van der Waals surface area contributed by atoms with Crippen LogP contribution in [0.2, 0.25) is 0 Å². The van der Waals surface area contributed by atoms with E-state index in [1.165, 1.54) is 0 Å². The van der Waals surface area contributed by atoms with E-state index in [1.807, 2.05) is 48.7 Å². The van der Waals surface area contributed by atoms with E-state index in [1.54, 1.807) is 25.5 Å². The maximum atomic E-state index is 12.6. The fourth-order valence-corrected chi connectivity index (χ4v) is 3.16. The molecule has 0 unspecified atom stereocenters. The number of aryl methyl sites for hydroxylation is 1. The van der Waals surface area contributed by atoms with Crippen LogP contribution in [0.25, 0.3) is 0 Å². The van der Waals surface area contributed by atoms with E-state index >= 15 is 0 Å². The third kappa shape index (κ3) is 4.34. The number of para-hydroxylation sites is 1. The fourth-order valence-electron chi connectivity index (χ4n) is 3.16. The van der Waals surface area contributed by atoms with Gasteiger partial charge in [-0.1, -0.05) is 18.2 Å². The number of hydrogen-bond donors (Lipinski definition) is 0. The second kappa shape index (κ2) is 8.61. The molecule has 0 saturated heterocycles. The SMILES string of the molecule is COc1ccccc1CC(=O)OCC(=O)c1cc(C)n(Cc2ccco2)c1C. The van der Waals surface area contributed by atoms with Crippen LogP contribution in [-0.4, -0.2) is 30.0 Å². The molecule has 0 aliphatic rings. The lowest BCUT2D eigenvalue weighted by molar-refractivity contribution is -0.141. The van der Waals surface area contributed by atoms with Gasteiger partial charge in [-0.05, 0) is 38.1 Å². The van der Waals surface area contributed by atoms with Crippen molar-refractivity contribution in [3.8, 4) is 5.75 Å². The maximum absolute atomic E-state index is 12.6. The van der Waals surface area contributed by atoms with Crippen LogP contribution in [0.1, 0.15) is 33.1 Å². The Morgan fingerprint density at radius 1 is 1.11 bits per heavy atom. The molecule has 3 aromatic rings. The molecule has 0 fully saturated rings. The summed E-state index contributed by atoms with van der Waals surface area (Å²) in [4.78, 5) is 24.7. The van der Waals surface area contributed by atoms with Crippen LogP contribution in [0.4, 0.5) is 0 Å². The second-order valence-electron chi connectivity index (χ2n) is 6.52. The number of Topliss-reactive ketones (excluding diaryl/α,β-unsaturated/α-hetero) is 1. The van der Waals surface area contributed by atoms with Gasteiger partial charge in [0.05, 0.1) is 26.3 Å². The van der Waals surface area contributed by atoms with Crippen molar-refractivity contribution < 1.29 is 23.5 Å². The molecule has 28 heavy (non-hydrogen) atoms. The van der Waals surface area contributed by atoms with Gasteiger partial charge in [-0.25, -0.2) is 0 Å². The van der Waals surface area contributed by atoms with Crippen molar-refractivity contribution in [1.82, 2.24) is 4.57 Å². The Kier molecular flexibility index (Phi) is 5.99. The summed E-state index contributed by atoms with van der Waals surface area (Å²) in [6, 6.07) is 12.8. The lowest BCUT2D eigenvalue weighted by Gasteiger charge is -2.09. The number of ketones is 1. The largest absolute Gasteiger partial charge is 0.496 e. The van der Waals surface area contributed by atoms with Crippen molar-refractivity contribution in [1.29, 1.82) is 0 Å². The number of carbonyl (C=O) groups excluding carboxylic acids is 2. The van der Waals surface area contributed by atoms with Crippen molar-refractivity contribution in [3.05, 3.63) is 77.0 Å². The van der Waals surface area contributed by atoms with Crippen LogP contribution >= 0.6 is 0 Å². The highest BCUT2D eigenvalue weighted by atomic mass is 16.5. The van der Waals surface area contributed by atoms with Crippen molar-refractivity contribution in [3.63, 3.8) is 0 Å². The molecule has 146 valence electrons. The molecule has 6 nitrogen and oxygen atoms in total. The van der Waals surface area contributed by atoms with Gasteiger partial charge in [0.25, 0.3) is 0 Å².